The zero-order valence-electron chi connectivity index (χ0n) is 14.2. The smallest absolute Gasteiger partial charge is 0.161 e. The number of nitrogen functional groups attached to an aromatic ring is 1. The minimum atomic E-state index is 0.336. The quantitative estimate of drug-likeness (QED) is 0.458. The first-order valence-electron chi connectivity index (χ1n) is 8.46. The Morgan fingerprint density at radius 1 is 0.889 bits per heavy atom. The maximum Gasteiger partial charge on any atom is 0.161 e. The van der Waals surface area contributed by atoms with Gasteiger partial charge in [-0.1, -0.05) is 30.3 Å². The Hall–Kier alpha value is -4.00. The molecular weight excluding hydrogens is 338 g/mol. The van der Waals surface area contributed by atoms with E-state index in [-0.39, 0.29) is 0 Å². The van der Waals surface area contributed by atoms with Crippen LogP contribution in [0.4, 0.5) is 5.82 Å². The van der Waals surface area contributed by atoms with Crippen LogP contribution in [-0.4, -0.2) is 30.1 Å². The van der Waals surface area contributed by atoms with Crippen LogP contribution < -0.4 is 5.73 Å². The Kier molecular flexibility index (Phi) is 3.43. The molecule has 0 unspecified atom stereocenters. The lowest BCUT2D eigenvalue weighted by molar-refractivity contribution is 1.10. The van der Waals surface area contributed by atoms with Gasteiger partial charge in [0.05, 0.1) is 28.6 Å². The average molecular weight is 353 g/mol. The van der Waals surface area contributed by atoms with Crippen molar-refractivity contribution in [1.82, 2.24) is 30.1 Å². The molecule has 0 spiro atoms. The Morgan fingerprint density at radius 3 is 2.63 bits per heavy atom. The van der Waals surface area contributed by atoms with Crippen LogP contribution in [0.3, 0.4) is 0 Å². The number of hydrogen-bond acceptors (Lipinski definition) is 5. The minimum absolute atomic E-state index is 0.336. The lowest BCUT2D eigenvalue weighted by Gasteiger charge is -2.07. The molecule has 0 bridgehead atoms. The molecule has 0 saturated carbocycles. The van der Waals surface area contributed by atoms with E-state index in [1.807, 2.05) is 54.6 Å². The summed E-state index contributed by atoms with van der Waals surface area (Å²) in [6.45, 7) is 0. The van der Waals surface area contributed by atoms with E-state index < -0.39 is 0 Å². The third kappa shape index (κ3) is 2.71. The summed E-state index contributed by atoms with van der Waals surface area (Å²) in [5, 5.41) is 6.98. The molecule has 5 aromatic rings. The molecule has 0 amide bonds. The number of hydrogen-bond donors (Lipinski definition) is 3. The van der Waals surface area contributed by atoms with E-state index in [0.29, 0.717) is 17.3 Å². The summed E-state index contributed by atoms with van der Waals surface area (Å²) in [5.41, 5.74) is 12.0. The molecule has 7 heteroatoms. The Bertz CT molecular complexity index is 1210. The zero-order chi connectivity index (χ0) is 18.2. The fraction of sp³-hybridized carbons (Fsp3) is 0. The maximum absolute atomic E-state index is 6.08. The van der Waals surface area contributed by atoms with Crippen molar-refractivity contribution >= 4 is 16.9 Å². The molecule has 0 radical (unpaired) electrons. The monoisotopic (exact) mass is 353 g/mol. The van der Waals surface area contributed by atoms with Gasteiger partial charge in [0, 0.05) is 17.3 Å². The first kappa shape index (κ1) is 15.3. The van der Waals surface area contributed by atoms with E-state index >= 15 is 0 Å². The summed E-state index contributed by atoms with van der Waals surface area (Å²) in [5.74, 6) is 0.940. The van der Waals surface area contributed by atoms with Gasteiger partial charge in [-0.2, -0.15) is 5.10 Å². The topological polar surface area (TPSA) is 109 Å². The Labute approximate surface area is 154 Å². The zero-order valence-corrected chi connectivity index (χ0v) is 14.2. The van der Waals surface area contributed by atoms with Crippen LogP contribution in [0.25, 0.3) is 45.1 Å². The van der Waals surface area contributed by atoms with Crippen molar-refractivity contribution in [3.63, 3.8) is 0 Å². The van der Waals surface area contributed by atoms with E-state index in [2.05, 4.69) is 25.1 Å². The average Bonchev–Trinajstić information content (AvgIpc) is 3.38. The van der Waals surface area contributed by atoms with E-state index in [0.717, 1.165) is 33.5 Å². The number of nitrogens with zero attached hydrogens (tertiary/aromatic N) is 4. The van der Waals surface area contributed by atoms with Crippen molar-refractivity contribution in [1.29, 1.82) is 0 Å². The van der Waals surface area contributed by atoms with Gasteiger partial charge in [-0.25, -0.2) is 15.0 Å². The molecule has 0 aliphatic heterocycles. The number of benzene rings is 2. The molecule has 4 N–H and O–H groups in total. The summed E-state index contributed by atoms with van der Waals surface area (Å²) < 4.78 is 0. The van der Waals surface area contributed by atoms with Crippen LogP contribution in [0, 0.1) is 0 Å². The van der Waals surface area contributed by atoms with Gasteiger partial charge in [-0.15, -0.1) is 0 Å². The van der Waals surface area contributed by atoms with Crippen molar-refractivity contribution in [3.8, 4) is 34.0 Å². The Morgan fingerprint density at radius 2 is 1.78 bits per heavy atom. The predicted octanol–water partition coefficient (Wildman–Crippen LogP) is 3.66. The molecule has 5 rings (SSSR count). The molecular formula is C20H15N7. The molecule has 0 saturated heterocycles. The van der Waals surface area contributed by atoms with Gasteiger partial charge in [0.15, 0.2) is 11.6 Å². The fourth-order valence-electron chi connectivity index (χ4n) is 3.04. The number of aromatic nitrogens is 6. The number of fused-ring (bicyclic) bond motifs is 1. The molecule has 2 aromatic carbocycles. The maximum atomic E-state index is 6.08. The largest absolute Gasteiger partial charge is 0.382 e. The molecule has 0 fully saturated rings. The molecule has 0 aliphatic rings. The van der Waals surface area contributed by atoms with Crippen LogP contribution in [0.2, 0.25) is 0 Å². The fourth-order valence-corrected chi connectivity index (χ4v) is 3.04. The van der Waals surface area contributed by atoms with Gasteiger partial charge in [0.25, 0.3) is 0 Å². The first-order chi connectivity index (χ1) is 13.3. The number of rotatable bonds is 3. The summed E-state index contributed by atoms with van der Waals surface area (Å²) in [6, 6.07) is 17.7. The first-order valence-corrected chi connectivity index (χ1v) is 8.46. The number of H-pyrrole nitrogens is 2. The second-order valence-electron chi connectivity index (χ2n) is 6.14. The molecule has 3 aromatic heterocycles. The highest BCUT2D eigenvalue weighted by Crippen LogP contribution is 2.28. The number of nitrogens with two attached hydrogens (primary N) is 1. The summed E-state index contributed by atoms with van der Waals surface area (Å²) >= 11 is 0. The standard InChI is InChI=1S/C20H15N7/c21-19-18(20-25-15-6-1-2-7-16(15)26-20)24-17(11-22-19)13-5-3-4-12(10-13)14-8-9-23-27-14/h1-11H,(H2,21,22)(H,23,27)(H,25,26). The number of imidazole rings is 1. The van der Waals surface area contributed by atoms with Crippen LogP contribution >= 0.6 is 0 Å². The molecule has 0 atom stereocenters. The second kappa shape index (κ2) is 6.06. The highest BCUT2D eigenvalue weighted by molar-refractivity contribution is 5.81. The van der Waals surface area contributed by atoms with Crippen molar-refractivity contribution in [3.05, 3.63) is 67.0 Å². The lowest BCUT2D eigenvalue weighted by atomic mass is 10.1. The molecule has 0 aliphatic carbocycles. The molecule has 130 valence electrons. The van der Waals surface area contributed by atoms with Crippen molar-refractivity contribution in [2.75, 3.05) is 5.73 Å². The van der Waals surface area contributed by atoms with Crippen LogP contribution in [-0.2, 0) is 0 Å². The highest BCUT2D eigenvalue weighted by Gasteiger charge is 2.13. The lowest BCUT2D eigenvalue weighted by Crippen LogP contribution is -2.00. The number of aromatic amines is 2. The van der Waals surface area contributed by atoms with E-state index in [1.165, 1.54) is 0 Å². The van der Waals surface area contributed by atoms with E-state index in [9.17, 15) is 0 Å². The van der Waals surface area contributed by atoms with E-state index in [1.54, 1.807) is 12.4 Å². The summed E-state index contributed by atoms with van der Waals surface area (Å²) in [4.78, 5) is 16.9. The van der Waals surface area contributed by atoms with Crippen molar-refractivity contribution in [2.45, 2.75) is 0 Å². The van der Waals surface area contributed by atoms with Gasteiger partial charge in [-0.3, -0.25) is 5.10 Å². The number of anilines is 1. The SMILES string of the molecule is Nc1ncc(-c2cccc(-c3ccn[nH]3)c2)nc1-c1nc2ccccc2[nH]1. The third-order valence-corrected chi connectivity index (χ3v) is 4.38. The predicted molar refractivity (Wildman–Crippen MR) is 105 cm³/mol. The van der Waals surface area contributed by atoms with Crippen LogP contribution in [0.15, 0.2) is 67.0 Å². The van der Waals surface area contributed by atoms with E-state index in [4.69, 9.17) is 10.7 Å². The molecule has 3 heterocycles. The normalized spacial score (nSPS) is 11.1. The highest BCUT2D eigenvalue weighted by atomic mass is 15.1. The summed E-state index contributed by atoms with van der Waals surface area (Å²) in [6.07, 6.45) is 3.40. The van der Waals surface area contributed by atoms with Gasteiger partial charge in [-0.05, 0) is 24.3 Å². The van der Waals surface area contributed by atoms with Crippen molar-refractivity contribution < 1.29 is 0 Å². The minimum Gasteiger partial charge on any atom is -0.382 e. The van der Waals surface area contributed by atoms with Gasteiger partial charge in [0.2, 0.25) is 0 Å². The second-order valence-corrected chi connectivity index (χ2v) is 6.14. The summed E-state index contributed by atoms with van der Waals surface area (Å²) in [7, 11) is 0. The third-order valence-electron chi connectivity index (χ3n) is 4.38. The molecule has 27 heavy (non-hydrogen) atoms. The Balaban J connectivity index is 1.61. The number of nitrogens with one attached hydrogen (secondary N) is 2. The number of para-hydroxylation sites is 2. The van der Waals surface area contributed by atoms with Gasteiger partial charge in [0.1, 0.15) is 5.69 Å². The molecule has 7 nitrogen and oxygen atoms in total. The van der Waals surface area contributed by atoms with Crippen molar-refractivity contribution in [2.24, 2.45) is 0 Å². The van der Waals surface area contributed by atoms with Crippen LogP contribution in [0.1, 0.15) is 0 Å². The van der Waals surface area contributed by atoms with Gasteiger partial charge >= 0.3 is 0 Å². The van der Waals surface area contributed by atoms with Gasteiger partial charge < -0.3 is 10.7 Å². The van der Waals surface area contributed by atoms with Crippen LogP contribution in [0.5, 0.6) is 0 Å².